The molecule has 0 aromatic carbocycles. The quantitative estimate of drug-likeness (QED) is 0.932. The minimum Gasteiger partial charge on any atom is -0.450 e. The molecule has 0 spiro atoms. The minimum atomic E-state index is -0.284. The number of hydrogen-bond donors (Lipinski definition) is 1. The fourth-order valence-electron chi connectivity index (χ4n) is 2.58. The van der Waals surface area contributed by atoms with E-state index in [9.17, 15) is 4.79 Å². The Kier molecular flexibility index (Phi) is 4.08. The number of carbonyl (C=O) groups excluding carboxylic acids is 1. The van der Waals surface area contributed by atoms with Gasteiger partial charge in [0.2, 0.25) is 11.7 Å². The van der Waals surface area contributed by atoms with Crippen molar-refractivity contribution >= 4 is 6.09 Å². The van der Waals surface area contributed by atoms with E-state index in [0.717, 1.165) is 18.5 Å². The van der Waals surface area contributed by atoms with E-state index in [-0.39, 0.29) is 12.0 Å². The second kappa shape index (κ2) is 6.17. The Balaban J connectivity index is 1.71. The van der Waals surface area contributed by atoms with Gasteiger partial charge in [-0.05, 0) is 26.7 Å². The van der Waals surface area contributed by atoms with Crippen molar-refractivity contribution < 1.29 is 14.1 Å². The maximum Gasteiger partial charge on any atom is 0.409 e. The molecule has 22 heavy (non-hydrogen) atoms. The Morgan fingerprint density at radius 1 is 1.59 bits per heavy atom. The van der Waals surface area contributed by atoms with Crippen molar-refractivity contribution in [1.82, 2.24) is 25.0 Å². The molecule has 0 aliphatic carbocycles. The van der Waals surface area contributed by atoms with Crippen LogP contribution < -0.4 is 0 Å². The molecule has 1 atom stereocenters. The lowest BCUT2D eigenvalue weighted by Crippen LogP contribution is -2.39. The fourth-order valence-corrected chi connectivity index (χ4v) is 2.58. The van der Waals surface area contributed by atoms with E-state index in [1.54, 1.807) is 18.0 Å². The van der Waals surface area contributed by atoms with E-state index >= 15 is 0 Å². The first-order valence-corrected chi connectivity index (χ1v) is 7.44. The van der Waals surface area contributed by atoms with Gasteiger partial charge in [0.05, 0.1) is 12.5 Å². The van der Waals surface area contributed by atoms with Crippen LogP contribution in [0.1, 0.15) is 37.3 Å². The number of piperidine rings is 1. The molecule has 0 saturated carbocycles. The highest BCUT2D eigenvalue weighted by atomic mass is 16.6. The SMILES string of the molecule is CCOC(=O)N1CCCC(c2nc(-c3ncc(C)[nH]3)no2)C1. The van der Waals surface area contributed by atoms with Gasteiger partial charge in [-0.2, -0.15) is 4.98 Å². The van der Waals surface area contributed by atoms with Gasteiger partial charge in [0, 0.05) is 25.0 Å². The molecule has 0 radical (unpaired) electrons. The molecular formula is C14H19N5O3. The number of aromatic nitrogens is 4. The summed E-state index contributed by atoms with van der Waals surface area (Å²) in [5, 5.41) is 3.97. The Labute approximate surface area is 127 Å². The normalized spacial score (nSPS) is 18.5. The van der Waals surface area contributed by atoms with Crippen molar-refractivity contribution in [2.45, 2.75) is 32.6 Å². The van der Waals surface area contributed by atoms with Crippen LogP contribution in [0.5, 0.6) is 0 Å². The van der Waals surface area contributed by atoms with Gasteiger partial charge >= 0.3 is 6.09 Å². The maximum absolute atomic E-state index is 11.8. The molecule has 1 unspecified atom stereocenters. The number of ether oxygens (including phenoxy) is 1. The van der Waals surface area contributed by atoms with Gasteiger partial charge in [-0.3, -0.25) is 0 Å². The number of imidazole rings is 1. The second-order valence-corrected chi connectivity index (χ2v) is 5.36. The summed E-state index contributed by atoms with van der Waals surface area (Å²) in [6.45, 7) is 5.33. The zero-order valence-electron chi connectivity index (χ0n) is 12.7. The standard InChI is InChI=1S/C14H19N5O3/c1-3-21-14(20)19-6-4-5-10(8-19)13-17-12(18-22-13)11-15-7-9(2)16-11/h7,10H,3-6,8H2,1-2H3,(H,15,16). The summed E-state index contributed by atoms with van der Waals surface area (Å²) in [5.74, 6) is 1.61. The summed E-state index contributed by atoms with van der Waals surface area (Å²) in [7, 11) is 0. The van der Waals surface area contributed by atoms with E-state index in [4.69, 9.17) is 9.26 Å². The molecule has 2 aromatic rings. The van der Waals surface area contributed by atoms with Crippen LogP contribution in [-0.2, 0) is 4.74 Å². The molecule has 1 aliphatic rings. The van der Waals surface area contributed by atoms with Crippen LogP contribution >= 0.6 is 0 Å². The lowest BCUT2D eigenvalue weighted by molar-refractivity contribution is 0.0930. The smallest absolute Gasteiger partial charge is 0.409 e. The molecule has 8 heteroatoms. The third-order valence-corrected chi connectivity index (χ3v) is 3.65. The topological polar surface area (TPSA) is 97.1 Å². The Hall–Kier alpha value is -2.38. The molecule has 1 aliphatic heterocycles. The first-order valence-electron chi connectivity index (χ1n) is 7.44. The van der Waals surface area contributed by atoms with Crippen molar-refractivity contribution in [1.29, 1.82) is 0 Å². The van der Waals surface area contributed by atoms with Crippen molar-refractivity contribution in [3.05, 3.63) is 17.8 Å². The number of hydrogen-bond acceptors (Lipinski definition) is 6. The molecule has 118 valence electrons. The van der Waals surface area contributed by atoms with Crippen molar-refractivity contribution in [2.75, 3.05) is 19.7 Å². The molecule has 1 N–H and O–H groups in total. The average molecular weight is 305 g/mol. The zero-order valence-corrected chi connectivity index (χ0v) is 12.7. The maximum atomic E-state index is 11.8. The number of aryl methyl sites for hydroxylation is 1. The van der Waals surface area contributed by atoms with E-state index in [1.807, 2.05) is 6.92 Å². The van der Waals surface area contributed by atoms with Crippen LogP contribution in [-0.4, -0.2) is 50.8 Å². The Bertz CT molecular complexity index is 650. The second-order valence-electron chi connectivity index (χ2n) is 5.36. The molecule has 2 aromatic heterocycles. The monoisotopic (exact) mass is 305 g/mol. The first-order chi connectivity index (χ1) is 10.7. The third kappa shape index (κ3) is 2.95. The Morgan fingerprint density at radius 2 is 2.45 bits per heavy atom. The number of aromatic amines is 1. The molecular weight excluding hydrogens is 286 g/mol. The predicted octanol–water partition coefficient (Wildman–Crippen LogP) is 2.10. The van der Waals surface area contributed by atoms with Crippen LogP contribution in [0.25, 0.3) is 11.6 Å². The molecule has 1 saturated heterocycles. The number of nitrogens with zero attached hydrogens (tertiary/aromatic N) is 4. The van der Waals surface area contributed by atoms with Crippen molar-refractivity contribution in [3.63, 3.8) is 0 Å². The van der Waals surface area contributed by atoms with Gasteiger partial charge in [0.15, 0.2) is 5.82 Å². The van der Waals surface area contributed by atoms with Gasteiger partial charge in [0.1, 0.15) is 0 Å². The summed E-state index contributed by atoms with van der Waals surface area (Å²) < 4.78 is 10.4. The molecule has 1 amide bonds. The zero-order chi connectivity index (χ0) is 15.5. The minimum absolute atomic E-state index is 0.0375. The van der Waals surface area contributed by atoms with Gasteiger partial charge in [-0.25, -0.2) is 9.78 Å². The molecule has 0 bridgehead atoms. The number of likely N-dealkylation sites (tertiary alicyclic amines) is 1. The van der Waals surface area contributed by atoms with Crippen LogP contribution in [0.4, 0.5) is 4.79 Å². The van der Waals surface area contributed by atoms with Crippen LogP contribution in [0.3, 0.4) is 0 Å². The Morgan fingerprint density at radius 3 is 3.18 bits per heavy atom. The van der Waals surface area contributed by atoms with Gasteiger partial charge in [-0.15, -0.1) is 0 Å². The van der Waals surface area contributed by atoms with E-state index in [1.165, 1.54) is 0 Å². The van der Waals surface area contributed by atoms with Crippen molar-refractivity contribution in [3.8, 4) is 11.6 Å². The van der Waals surface area contributed by atoms with Gasteiger partial charge in [0.25, 0.3) is 0 Å². The summed E-state index contributed by atoms with van der Waals surface area (Å²) in [5.41, 5.74) is 0.938. The molecule has 3 heterocycles. The third-order valence-electron chi connectivity index (χ3n) is 3.65. The summed E-state index contributed by atoms with van der Waals surface area (Å²) >= 11 is 0. The highest BCUT2D eigenvalue weighted by Gasteiger charge is 2.29. The first kappa shape index (κ1) is 14.6. The summed E-state index contributed by atoms with van der Waals surface area (Å²) in [4.78, 5) is 25.2. The fraction of sp³-hybridized carbons (Fsp3) is 0.571. The molecule has 1 fully saturated rings. The number of rotatable bonds is 3. The number of amides is 1. The lowest BCUT2D eigenvalue weighted by atomic mass is 9.98. The largest absolute Gasteiger partial charge is 0.450 e. The van der Waals surface area contributed by atoms with E-state index in [2.05, 4.69) is 20.1 Å². The van der Waals surface area contributed by atoms with Gasteiger partial charge in [-0.1, -0.05) is 5.16 Å². The van der Waals surface area contributed by atoms with Crippen LogP contribution in [0.15, 0.2) is 10.7 Å². The molecule has 3 rings (SSSR count). The number of H-pyrrole nitrogens is 1. The van der Waals surface area contributed by atoms with Gasteiger partial charge < -0.3 is 19.1 Å². The average Bonchev–Trinajstić information content (AvgIpc) is 3.16. The van der Waals surface area contributed by atoms with E-state index in [0.29, 0.717) is 37.2 Å². The van der Waals surface area contributed by atoms with Crippen molar-refractivity contribution in [2.24, 2.45) is 0 Å². The summed E-state index contributed by atoms with van der Waals surface area (Å²) in [6.07, 6.45) is 3.23. The molecule has 8 nitrogen and oxygen atoms in total. The van der Waals surface area contributed by atoms with E-state index < -0.39 is 0 Å². The highest BCUT2D eigenvalue weighted by molar-refractivity contribution is 5.67. The number of nitrogens with one attached hydrogen (secondary N) is 1. The number of carbonyl (C=O) groups is 1. The highest BCUT2D eigenvalue weighted by Crippen LogP contribution is 2.27. The lowest BCUT2D eigenvalue weighted by Gasteiger charge is -2.29. The van der Waals surface area contributed by atoms with Crippen LogP contribution in [0.2, 0.25) is 0 Å². The predicted molar refractivity (Wildman–Crippen MR) is 77.2 cm³/mol. The summed E-state index contributed by atoms with van der Waals surface area (Å²) in [6, 6.07) is 0. The van der Waals surface area contributed by atoms with Crippen LogP contribution in [0, 0.1) is 6.92 Å².